The van der Waals surface area contributed by atoms with E-state index in [1.54, 1.807) is 19.1 Å². The molecule has 32 heavy (non-hydrogen) atoms. The van der Waals surface area contributed by atoms with Crippen molar-refractivity contribution in [3.05, 3.63) is 90.0 Å². The van der Waals surface area contributed by atoms with Gasteiger partial charge in [0, 0.05) is 18.7 Å². The summed E-state index contributed by atoms with van der Waals surface area (Å²) in [5.74, 6) is 0.707. The van der Waals surface area contributed by atoms with Gasteiger partial charge in [-0.25, -0.2) is 0 Å². The van der Waals surface area contributed by atoms with Gasteiger partial charge in [-0.05, 0) is 53.8 Å². The van der Waals surface area contributed by atoms with Crippen molar-refractivity contribution in [3.63, 3.8) is 0 Å². The largest absolute Gasteiger partial charge is 0.481 e. The first-order chi connectivity index (χ1) is 15.4. The van der Waals surface area contributed by atoms with E-state index in [0.29, 0.717) is 30.3 Å². The van der Waals surface area contributed by atoms with Crippen molar-refractivity contribution < 1.29 is 14.3 Å². The zero-order chi connectivity index (χ0) is 22.9. The summed E-state index contributed by atoms with van der Waals surface area (Å²) < 4.78 is 5.71. The van der Waals surface area contributed by atoms with Crippen LogP contribution in [0.3, 0.4) is 0 Å². The van der Waals surface area contributed by atoms with Gasteiger partial charge in [-0.1, -0.05) is 68.4 Å². The van der Waals surface area contributed by atoms with Crippen molar-refractivity contribution in [2.45, 2.75) is 32.8 Å². The first-order valence-electron chi connectivity index (χ1n) is 10.9. The Hall–Kier alpha value is -3.60. The Labute approximate surface area is 189 Å². The van der Waals surface area contributed by atoms with Crippen LogP contribution in [0.4, 0.5) is 0 Å². The number of carbonyl (C=O) groups is 2. The van der Waals surface area contributed by atoms with Crippen molar-refractivity contribution in [1.29, 1.82) is 0 Å². The van der Waals surface area contributed by atoms with Gasteiger partial charge in [0.2, 0.25) is 0 Å². The molecular weight excluding hydrogens is 400 g/mol. The molecule has 5 nitrogen and oxygen atoms in total. The second-order valence-corrected chi connectivity index (χ2v) is 7.97. The lowest BCUT2D eigenvalue weighted by Gasteiger charge is -2.15. The number of hydrogen-bond donors (Lipinski definition) is 2. The second-order valence-electron chi connectivity index (χ2n) is 7.97. The van der Waals surface area contributed by atoms with Crippen molar-refractivity contribution >= 4 is 11.8 Å². The fourth-order valence-electron chi connectivity index (χ4n) is 3.24. The molecule has 0 aliphatic heterocycles. The van der Waals surface area contributed by atoms with Gasteiger partial charge < -0.3 is 15.4 Å². The normalized spacial score (nSPS) is 11.6. The minimum Gasteiger partial charge on any atom is -0.481 e. The maximum atomic E-state index is 12.3. The first-order valence-corrected chi connectivity index (χ1v) is 10.9. The maximum absolute atomic E-state index is 12.3. The highest BCUT2D eigenvalue weighted by atomic mass is 16.5. The van der Waals surface area contributed by atoms with Gasteiger partial charge in [0.25, 0.3) is 11.8 Å². The lowest BCUT2D eigenvalue weighted by molar-refractivity contribution is -0.127. The number of rotatable bonds is 9. The van der Waals surface area contributed by atoms with E-state index in [1.807, 2.05) is 66.7 Å². The molecule has 0 fully saturated rings. The predicted molar refractivity (Wildman–Crippen MR) is 128 cm³/mol. The third-order valence-electron chi connectivity index (χ3n) is 5.19. The molecule has 0 aliphatic carbocycles. The van der Waals surface area contributed by atoms with Crippen molar-refractivity contribution in [2.75, 3.05) is 13.1 Å². The van der Waals surface area contributed by atoms with Gasteiger partial charge in [0.15, 0.2) is 6.10 Å². The monoisotopic (exact) mass is 430 g/mol. The highest BCUT2D eigenvalue weighted by Gasteiger charge is 2.14. The van der Waals surface area contributed by atoms with Crippen LogP contribution in [0.2, 0.25) is 0 Å². The van der Waals surface area contributed by atoms with Crippen molar-refractivity contribution in [1.82, 2.24) is 10.6 Å². The molecule has 1 unspecified atom stereocenters. The van der Waals surface area contributed by atoms with E-state index in [1.165, 1.54) is 5.56 Å². The molecule has 166 valence electrons. The van der Waals surface area contributed by atoms with Gasteiger partial charge in [-0.3, -0.25) is 9.59 Å². The van der Waals surface area contributed by atoms with E-state index in [-0.39, 0.29) is 11.8 Å². The van der Waals surface area contributed by atoms with Crippen LogP contribution in [-0.2, 0) is 4.79 Å². The Balaban J connectivity index is 1.40. The molecule has 0 heterocycles. The van der Waals surface area contributed by atoms with Crippen LogP contribution in [0.15, 0.2) is 78.9 Å². The predicted octanol–water partition coefficient (Wildman–Crippen LogP) is 4.79. The van der Waals surface area contributed by atoms with E-state index < -0.39 is 6.10 Å². The molecule has 0 saturated carbocycles. The molecule has 0 radical (unpaired) electrons. The minimum atomic E-state index is -0.624. The Morgan fingerprint density at radius 1 is 0.750 bits per heavy atom. The van der Waals surface area contributed by atoms with Gasteiger partial charge >= 0.3 is 0 Å². The molecule has 3 aromatic carbocycles. The lowest BCUT2D eigenvalue weighted by atomic mass is 10.0. The SMILES string of the molecule is CC(Oc1ccc(C(C)C)cc1)C(=O)NCCNC(=O)c1ccc(-c2ccccc2)cc1. The quantitative estimate of drug-likeness (QED) is 0.480. The number of ether oxygens (including phenoxy) is 1. The van der Waals surface area contributed by atoms with Crippen LogP contribution in [0.25, 0.3) is 11.1 Å². The molecule has 5 heteroatoms. The summed E-state index contributed by atoms with van der Waals surface area (Å²) in [5, 5.41) is 5.62. The van der Waals surface area contributed by atoms with Crippen LogP contribution < -0.4 is 15.4 Å². The standard InChI is InChI=1S/C27H30N2O3/c1-19(2)21-13-15-25(16-14-21)32-20(3)26(30)28-17-18-29-27(31)24-11-9-23(10-12-24)22-7-5-4-6-8-22/h4-16,19-20H,17-18H2,1-3H3,(H,28,30)(H,29,31). The number of carbonyl (C=O) groups excluding carboxylic acids is 2. The third kappa shape index (κ3) is 6.45. The molecule has 2 N–H and O–H groups in total. The first kappa shape index (κ1) is 23.1. The smallest absolute Gasteiger partial charge is 0.260 e. The zero-order valence-electron chi connectivity index (χ0n) is 18.8. The number of amides is 2. The zero-order valence-corrected chi connectivity index (χ0v) is 18.8. The van der Waals surface area contributed by atoms with Gasteiger partial charge in [0.05, 0.1) is 0 Å². The van der Waals surface area contributed by atoms with Crippen molar-refractivity contribution in [3.8, 4) is 16.9 Å². The van der Waals surface area contributed by atoms with Crippen LogP contribution >= 0.6 is 0 Å². The van der Waals surface area contributed by atoms with Crippen molar-refractivity contribution in [2.24, 2.45) is 0 Å². The molecule has 0 aromatic heterocycles. The number of benzene rings is 3. The van der Waals surface area contributed by atoms with E-state index in [9.17, 15) is 9.59 Å². The highest BCUT2D eigenvalue weighted by molar-refractivity contribution is 5.94. The lowest BCUT2D eigenvalue weighted by Crippen LogP contribution is -2.40. The molecule has 2 amide bonds. The molecule has 1 atom stereocenters. The summed E-state index contributed by atoms with van der Waals surface area (Å²) in [6, 6.07) is 25.2. The van der Waals surface area contributed by atoms with E-state index in [2.05, 4.69) is 24.5 Å². The maximum Gasteiger partial charge on any atom is 0.260 e. The molecular formula is C27H30N2O3. The fraction of sp³-hybridized carbons (Fsp3) is 0.259. The average Bonchev–Trinajstić information content (AvgIpc) is 2.82. The highest BCUT2D eigenvalue weighted by Crippen LogP contribution is 2.20. The van der Waals surface area contributed by atoms with Gasteiger partial charge in [0.1, 0.15) is 5.75 Å². The molecule has 3 aromatic rings. The molecule has 3 rings (SSSR count). The van der Waals surface area contributed by atoms with Gasteiger partial charge in [-0.15, -0.1) is 0 Å². The number of hydrogen-bond acceptors (Lipinski definition) is 3. The summed E-state index contributed by atoms with van der Waals surface area (Å²) in [6.45, 7) is 6.63. The summed E-state index contributed by atoms with van der Waals surface area (Å²) in [5.41, 5.74) is 3.97. The van der Waals surface area contributed by atoms with Crippen LogP contribution in [-0.4, -0.2) is 31.0 Å². The average molecular weight is 431 g/mol. The summed E-state index contributed by atoms with van der Waals surface area (Å²) in [7, 11) is 0. The van der Waals surface area contributed by atoms with Crippen LogP contribution in [0.5, 0.6) is 5.75 Å². The minimum absolute atomic E-state index is 0.173. The van der Waals surface area contributed by atoms with E-state index in [0.717, 1.165) is 11.1 Å². The topological polar surface area (TPSA) is 67.4 Å². The molecule has 0 spiro atoms. The third-order valence-corrected chi connectivity index (χ3v) is 5.19. The summed E-state index contributed by atoms with van der Waals surface area (Å²) in [6.07, 6.45) is -0.624. The Bertz CT molecular complexity index is 1010. The fourth-order valence-corrected chi connectivity index (χ4v) is 3.24. The number of nitrogens with one attached hydrogen (secondary N) is 2. The van der Waals surface area contributed by atoms with E-state index in [4.69, 9.17) is 4.74 Å². The van der Waals surface area contributed by atoms with Gasteiger partial charge in [-0.2, -0.15) is 0 Å². The van der Waals surface area contributed by atoms with E-state index >= 15 is 0 Å². The molecule has 0 aliphatic rings. The van der Waals surface area contributed by atoms with Crippen LogP contribution in [0.1, 0.15) is 42.6 Å². The molecule has 0 saturated heterocycles. The summed E-state index contributed by atoms with van der Waals surface area (Å²) in [4.78, 5) is 24.6. The Morgan fingerprint density at radius 3 is 1.97 bits per heavy atom. The Morgan fingerprint density at radius 2 is 1.34 bits per heavy atom. The molecule has 0 bridgehead atoms. The van der Waals surface area contributed by atoms with Crippen LogP contribution in [0, 0.1) is 0 Å². The summed E-state index contributed by atoms with van der Waals surface area (Å²) >= 11 is 0. The second kappa shape index (κ2) is 11.1. The Kier molecular flexibility index (Phi) is 8.03.